The van der Waals surface area contributed by atoms with Crippen LogP contribution in [0.2, 0.25) is 0 Å². The maximum absolute atomic E-state index is 12.8. The second kappa shape index (κ2) is 8.41. The highest BCUT2D eigenvalue weighted by molar-refractivity contribution is 6.22. The normalized spacial score (nSPS) is 22.8. The highest BCUT2D eigenvalue weighted by Crippen LogP contribution is 2.40. The third-order valence-corrected chi connectivity index (χ3v) is 6.17. The van der Waals surface area contributed by atoms with Crippen molar-refractivity contribution >= 4 is 23.6 Å². The molecule has 2 N–H and O–H groups in total. The summed E-state index contributed by atoms with van der Waals surface area (Å²) in [4.78, 5) is 51.7. The van der Waals surface area contributed by atoms with E-state index >= 15 is 0 Å². The number of hydrogen-bond donors (Lipinski definition) is 2. The minimum atomic E-state index is -0.545. The van der Waals surface area contributed by atoms with Gasteiger partial charge in [-0.15, -0.1) is 12.3 Å². The molecule has 2 unspecified atom stereocenters. The summed E-state index contributed by atoms with van der Waals surface area (Å²) >= 11 is 0. The monoisotopic (exact) mass is 406 g/mol. The van der Waals surface area contributed by atoms with Gasteiger partial charge in [-0.3, -0.25) is 34.7 Å². The molecule has 0 aromatic heterocycles. The Bertz CT molecular complexity index is 956. The molecule has 1 aromatic rings. The molecule has 155 valence electrons. The summed E-state index contributed by atoms with van der Waals surface area (Å²) < 4.78 is 0. The fourth-order valence-electron chi connectivity index (χ4n) is 4.77. The number of terminal acetylenes is 1. The molecule has 4 rings (SSSR count). The first kappa shape index (κ1) is 20.3. The van der Waals surface area contributed by atoms with Crippen molar-refractivity contribution < 1.29 is 19.2 Å². The number of likely N-dealkylation sites (tertiary alicyclic amines) is 1. The zero-order valence-corrected chi connectivity index (χ0v) is 16.7. The smallest absolute Gasteiger partial charge is 0.259 e. The number of carbonyl (C=O) groups excluding carboxylic acids is 4. The molecule has 4 amide bonds. The van der Waals surface area contributed by atoms with Crippen LogP contribution in [0.25, 0.3) is 0 Å². The number of amides is 4. The number of imide groups is 2. The van der Waals surface area contributed by atoms with Crippen molar-refractivity contribution in [3.8, 4) is 12.3 Å². The van der Waals surface area contributed by atoms with Crippen molar-refractivity contribution in [2.75, 3.05) is 13.1 Å². The zero-order valence-electron chi connectivity index (χ0n) is 16.7. The van der Waals surface area contributed by atoms with Gasteiger partial charge in [-0.05, 0) is 62.4 Å². The molecular formula is C23H24N3O4. The van der Waals surface area contributed by atoms with E-state index in [9.17, 15) is 19.2 Å². The maximum atomic E-state index is 12.8. The minimum Gasteiger partial charge on any atom is -0.296 e. The first-order valence-electron chi connectivity index (χ1n) is 10.4. The van der Waals surface area contributed by atoms with Crippen molar-refractivity contribution in [3.05, 3.63) is 40.8 Å². The van der Waals surface area contributed by atoms with Crippen LogP contribution in [0.1, 0.15) is 82.3 Å². The molecule has 2 atom stereocenters. The fraction of sp³-hybridized carbons (Fsp3) is 0.435. The van der Waals surface area contributed by atoms with Crippen molar-refractivity contribution in [1.82, 2.24) is 15.5 Å². The van der Waals surface area contributed by atoms with Gasteiger partial charge in [0.15, 0.2) is 0 Å². The molecule has 3 aliphatic heterocycles. The van der Waals surface area contributed by atoms with E-state index in [4.69, 9.17) is 6.42 Å². The average Bonchev–Trinajstić information content (AvgIpc) is 3.03. The largest absolute Gasteiger partial charge is 0.296 e. The van der Waals surface area contributed by atoms with Crippen molar-refractivity contribution in [1.29, 1.82) is 0 Å². The molecule has 0 bridgehead atoms. The van der Waals surface area contributed by atoms with Gasteiger partial charge in [0, 0.05) is 18.9 Å². The molecule has 30 heavy (non-hydrogen) atoms. The van der Waals surface area contributed by atoms with Gasteiger partial charge in [-0.25, -0.2) is 0 Å². The highest BCUT2D eigenvalue weighted by Gasteiger charge is 2.39. The summed E-state index contributed by atoms with van der Waals surface area (Å²) in [5, 5.41) is 4.80. The predicted octanol–water partition coefficient (Wildman–Crippen LogP) is 1.84. The Morgan fingerprint density at radius 3 is 2.57 bits per heavy atom. The van der Waals surface area contributed by atoms with Gasteiger partial charge in [-0.1, -0.05) is 6.07 Å². The van der Waals surface area contributed by atoms with Gasteiger partial charge in [-0.2, -0.15) is 0 Å². The number of piperidine rings is 2. The number of hydrogen-bond acceptors (Lipinski definition) is 5. The Morgan fingerprint density at radius 1 is 1.10 bits per heavy atom. The van der Waals surface area contributed by atoms with E-state index in [1.54, 1.807) is 12.1 Å². The van der Waals surface area contributed by atoms with E-state index in [2.05, 4.69) is 27.9 Å². The van der Waals surface area contributed by atoms with Crippen molar-refractivity contribution in [3.63, 3.8) is 0 Å². The van der Waals surface area contributed by atoms with Crippen LogP contribution in [0.3, 0.4) is 0 Å². The number of nitrogens with zero attached hydrogens (tertiary/aromatic N) is 1. The van der Waals surface area contributed by atoms with Crippen molar-refractivity contribution in [2.24, 2.45) is 0 Å². The van der Waals surface area contributed by atoms with E-state index in [0.717, 1.165) is 25.9 Å². The van der Waals surface area contributed by atoms with Gasteiger partial charge in [0.1, 0.15) is 0 Å². The Kier molecular flexibility index (Phi) is 5.69. The lowest BCUT2D eigenvalue weighted by Gasteiger charge is -2.37. The molecule has 0 saturated carbocycles. The van der Waals surface area contributed by atoms with Crippen LogP contribution in [-0.4, -0.2) is 41.6 Å². The quantitative estimate of drug-likeness (QED) is 0.575. The molecule has 1 radical (unpaired) electrons. The lowest BCUT2D eigenvalue weighted by atomic mass is 9.80. The topological polar surface area (TPSA) is 95.6 Å². The number of fused-ring (bicyclic) bond motifs is 1. The molecule has 1 aromatic carbocycles. The van der Waals surface area contributed by atoms with E-state index in [1.165, 1.54) is 0 Å². The summed E-state index contributed by atoms with van der Waals surface area (Å²) in [7, 11) is 0. The first-order valence-corrected chi connectivity index (χ1v) is 10.4. The van der Waals surface area contributed by atoms with E-state index < -0.39 is 17.7 Å². The van der Waals surface area contributed by atoms with Crippen LogP contribution in [0.15, 0.2) is 12.1 Å². The molecule has 3 heterocycles. The van der Waals surface area contributed by atoms with E-state index in [-0.39, 0.29) is 24.3 Å². The van der Waals surface area contributed by atoms with Crippen LogP contribution in [-0.2, 0) is 9.59 Å². The molecule has 7 nitrogen and oxygen atoms in total. The summed E-state index contributed by atoms with van der Waals surface area (Å²) in [5.74, 6) is 0.627. The van der Waals surface area contributed by atoms with Gasteiger partial charge in [0.25, 0.3) is 11.8 Å². The highest BCUT2D eigenvalue weighted by atomic mass is 16.2. The average molecular weight is 406 g/mol. The Hall–Kier alpha value is -2.98. The Labute approximate surface area is 175 Å². The maximum Gasteiger partial charge on any atom is 0.259 e. The van der Waals surface area contributed by atoms with Gasteiger partial charge < -0.3 is 0 Å². The van der Waals surface area contributed by atoms with Crippen LogP contribution in [0, 0.1) is 18.8 Å². The lowest BCUT2D eigenvalue weighted by molar-refractivity contribution is -0.134. The Morgan fingerprint density at radius 2 is 1.87 bits per heavy atom. The predicted molar refractivity (Wildman–Crippen MR) is 109 cm³/mol. The number of carbonyl (C=O) groups is 4. The first-order chi connectivity index (χ1) is 14.5. The second-order valence-corrected chi connectivity index (χ2v) is 7.94. The van der Waals surface area contributed by atoms with Crippen LogP contribution >= 0.6 is 0 Å². The third-order valence-electron chi connectivity index (χ3n) is 6.17. The number of rotatable bonds is 5. The standard InChI is InChI=1S/C23H24N3O4/c1-2-3-7-17(26-12-5-4-6-13-26)19-14(15-10-11-18(27)24-21(15)28)8-9-16-20(19)23(30)25-22(16)29/h1,4,8-9,15,17H,3,5-7,10-13H2,(H,24,27,28)(H,25,29,30). The molecule has 0 aliphatic carbocycles. The molecule has 2 saturated heterocycles. The SMILES string of the molecule is C#CCCC(c1c(C2CCC(=O)NC2=O)ccc2c1C(=O)NC2=O)N1CC[CH]CC1. The molecule has 7 heteroatoms. The van der Waals surface area contributed by atoms with Crippen LogP contribution < -0.4 is 10.6 Å². The van der Waals surface area contributed by atoms with Crippen molar-refractivity contribution in [2.45, 2.75) is 50.5 Å². The van der Waals surface area contributed by atoms with Gasteiger partial charge in [0.2, 0.25) is 11.8 Å². The lowest BCUT2D eigenvalue weighted by Crippen LogP contribution is -2.41. The van der Waals surface area contributed by atoms with Gasteiger partial charge >= 0.3 is 0 Å². The summed E-state index contributed by atoms with van der Waals surface area (Å²) in [6.07, 6.45) is 11.4. The van der Waals surface area contributed by atoms with Crippen LogP contribution in [0.4, 0.5) is 0 Å². The summed E-state index contributed by atoms with van der Waals surface area (Å²) in [5.41, 5.74) is 2.10. The number of benzene rings is 1. The molecule has 0 spiro atoms. The zero-order chi connectivity index (χ0) is 21.3. The Balaban J connectivity index is 1.87. The van der Waals surface area contributed by atoms with Crippen LogP contribution in [0.5, 0.6) is 0 Å². The second-order valence-electron chi connectivity index (χ2n) is 7.94. The molecular weight excluding hydrogens is 382 g/mol. The van der Waals surface area contributed by atoms with Gasteiger partial charge in [0.05, 0.1) is 17.0 Å². The molecule has 2 fully saturated rings. The minimum absolute atomic E-state index is 0.179. The number of nitrogens with one attached hydrogen (secondary N) is 2. The van der Waals surface area contributed by atoms with E-state index in [0.29, 0.717) is 41.5 Å². The summed E-state index contributed by atoms with van der Waals surface area (Å²) in [6.45, 7) is 1.65. The molecule has 3 aliphatic rings. The van der Waals surface area contributed by atoms with E-state index in [1.807, 2.05) is 0 Å². The summed E-state index contributed by atoms with van der Waals surface area (Å²) in [6, 6.07) is 3.20. The fourth-order valence-corrected chi connectivity index (χ4v) is 4.77. The third kappa shape index (κ3) is 3.63.